The Morgan fingerprint density at radius 1 is 1.32 bits per heavy atom. The second-order valence-corrected chi connectivity index (χ2v) is 7.02. The molecule has 0 unspecified atom stereocenters. The molecule has 1 aromatic carbocycles. The average molecular weight is 418 g/mol. The van der Waals surface area contributed by atoms with Gasteiger partial charge in [-0.05, 0) is 30.2 Å². The summed E-state index contributed by atoms with van der Waals surface area (Å²) in [5, 5.41) is 18.2. The van der Waals surface area contributed by atoms with Crippen molar-refractivity contribution < 1.29 is 19.5 Å². The number of fused-ring (bicyclic) bond motifs is 1. The zero-order chi connectivity index (χ0) is 22.3. The minimum atomic E-state index is -2.35. The Morgan fingerprint density at radius 2 is 2.10 bits per heavy atom. The number of hydrogen-bond donors (Lipinski definition) is 3. The maximum atomic E-state index is 12.1. The third-order valence-corrected chi connectivity index (χ3v) is 4.98. The largest absolute Gasteiger partial charge is 0.373 e. The van der Waals surface area contributed by atoms with Crippen LogP contribution in [0.2, 0.25) is 0 Å². The summed E-state index contributed by atoms with van der Waals surface area (Å²) in [6.07, 6.45) is 1.57. The highest BCUT2D eigenvalue weighted by atomic mass is 16.3. The number of pyridine rings is 1. The number of anilines is 1. The lowest BCUT2D eigenvalue weighted by Crippen LogP contribution is -2.41. The predicted molar refractivity (Wildman–Crippen MR) is 111 cm³/mol. The number of amides is 2. The molecule has 1 atom stereocenters. The fraction of sp³-hybridized carbons (Fsp3) is 0.190. The Labute approximate surface area is 176 Å². The first-order valence-corrected chi connectivity index (χ1v) is 9.26. The SMILES string of the molecule is CNc1nccc2c1c(C(N)=O)nn2-c1cccc(C#C[C@]2(O)C(=O)CN(C)C2=O)c1. The van der Waals surface area contributed by atoms with Crippen LogP contribution in [0.3, 0.4) is 0 Å². The molecule has 0 radical (unpaired) electrons. The molecular formula is C21H18N6O4. The number of nitrogens with one attached hydrogen (secondary N) is 1. The van der Waals surface area contributed by atoms with Crippen molar-refractivity contribution in [1.29, 1.82) is 0 Å². The van der Waals surface area contributed by atoms with Gasteiger partial charge in [-0.1, -0.05) is 12.0 Å². The zero-order valence-electron chi connectivity index (χ0n) is 16.7. The van der Waals surface area contributed by atoms with Gasteiger partial charge < -0.3 is 21.1 Å². The van der Waals surface area contributed by atoms with Gasteiger partial charge in [0.1, 0.15) is 5.82 Å². The van der Waals surface area contributed by atoms with Crippen LogP contribution in [-0.4, -0.2) is 68.6 Å². The van der Waals surface area contributed by atoms with E-state index in [-0.39, 0.29) is 12.2 Å². The number of aliphatic hydroxyl groups is 1. The van der Waals surface area contributed by atoms with Crippen LogP contribution >= 0.6 is 0 Å². The summed E-state index contributed by atoms with van der Waals surface area (Å²) in [6, 6.07) is 8.46. The summed E-state index contributed by atoms with van der Waals surface area (Å²) in [6.45, 7) is -0.193. The fourth-order valence-corrected chi connectivity index (χ4v) is 3.42. The lowest BCUT2D eigenvalue weighted by atomic mass is 10.0. The Hall–Kier alpha value is -4.23. The topological polar surface area (TPSA) is 143 Å². The molecule has 31 heavy (non-hydrogen) atoms. The first kappa shape index (κ1) is 20.1. The molecule has 0 spiro atoms. The maximum Gasteiger partial charge on any atom is 0.275 e. The first-order valence-electron chi connectivity index (χ1n) is 9.26. The van der Waals surface area contributed by atoms with Crippen LogP contribution in [0.25, 0.3) is 16.6 Å². The molecule has 0 saturated carbocycles. The van der Waals surface area contributed by atoms with Gasteiger partial charge in [0, 0.05) is 25.9 Å². The number of carbonyl (C=O) groups is 3. The fourth-order valence-electron chi connectivity index (χ4n) is 3.42. The molecule has 1 fully saturated rings. The number of benzene rings is 1. The molecular weight excluding hydrogens is 400 g/mol. The second-order valence-electron chi connectivity index (χ2n) is 7.02. The van der Waals surface area contributed by atoms with E-state index in [4.69, 9.17) is 5.73 Å². The van der Waals surface area contributed by atoms with E-state index >= 15 is 0 Å². The summed E-state index contributed by atoms with van der Waals surface area (Å²) in [5.74, 6) is 3.43. The van der Waals surface area contributed by atoms with E-state index in [0.717, 1.165) is 4.90 Å². The van der Waals surface area contributed by atoms with Crippen molar-refractivity contribution in [1.82, 2.24) is 19.7 Å². The van der Waals surface area contributed by atoms with Crippen LogP contribution in [-0.2, 0) is 9.59 Å². The van der Waals surface area contributed by atoms with Crippen LogP contribution in [0.5, 0.6) is 0 Å². The highest BCUT2D eigenvalue weighted by Gasteiger charge is 2.50. The van der Waals surface area contributed by atoms with Crippen molar-refractivity contribution in [3.05, 3.63) is 47.8 Å². The first-order chi connectivity index (χ1) is 14.8. The minimum Gasteiger partial charge on any atom is -0.373 e. The van der Waals surface area contributed by atoms with E-state index in [0.29, 0.717) is 28.0 Å². The van der Waals surface area contributed by atoms with E-state index in [2.05, 4.69) is 27.2 Å². The molecule has 10 nitrogen and oxygen atoms in total. The number of ketones is 1. The average Bonchev–Trinajstić information content (AvgIpc) is 3.25. The minimum absolute atomic E-state index is 0.0587. The van der Waals surface area contributed by atoms with E-state index in [9.17, 15) is 19.5 Å². The van der Waals surface area contributed by atoms with Gasteiger partial charge in [0.2, 0.25) is 5.78 Å². The van der Waals surface area contributed by atoms with Crippen LogP contribution in [0.15, 0.2) is 36.5 Å². The number of carbonyl (C=O) groups excluding carboxylic acids is 3. The van der Waals surface area contributed by atoms with Crippen LogP contribution in [0, 0.1) is 11.8 Å². The van der Waals surface area contributed by atoms with Crippen molar-refractivity contribution in [2.75, 3.05) is 26.0 Å². The lowest BCUT2D eigenvalue weighted by molar-refractivity contribution is -0.142. The number of aromatic nitrogens is 3. The quantitative estimate of drug-likeness (QED) is 0.391. The third-order valence-electron chi connectivity index (χ3n) is 4.98. The lowest BCUT2D eigenvalue weighted by Gasteiger charge is -2.11. The molecule has 2 amide bonds. The summed E-state index contributed by atoms with van der Waals surface area (Å²) in [4.78, 5) is 41.4. The number of likely N-dealkylation sites (N-methyl/N-ethyl adjacent to an activating group) is 1. The van der Waals surface area contributed by atoms with Gasteiger partial charge in [-0.25, -0.2) is 9.67 Å². The van der Waals surface area contributed by atoms with Crippen molar-refractivity contribution in [2.45, 2.75) is 5.60 Å². The van der Waals surface area contributed by atoms with Crippen molar-refractivity contribution in [3.8, 4) is 17.5 Å². The molecule has 3 heterocycles. The van der Waals surface area contributed by atoms with Gasteiger partial charge in [-0.15, -0.1) is 0 Å². The Morgan fingerprint density at radius 3 is 2.74 bits per heavy atom. The summed E-state index contributed by atoms with van der Waals surface area (Å²) in [7, 11) is 3.10. The molecule has 3 aromatic rings. The molecule has 0 aliphatic carbocycles. The van der Waals surface area contributed by atoms with Gasteiger partial charge in [0.05, 0.1) is 23.1 Å². The van der Waals surface area contributed by atoms with Gasteiger partial charge in [-0.2, -0.15) is 5.10 Å². The van der Waals surface area contributed by atoms with Gasteiger partial charge in [0.25, 0.3) is 17.4 Å². The number of rotatable bonds is 3. The van der Waals surface area contributed by atoms with E-state index < -0.39 is 23.2 Å². The van der Waals surface area contributed by atoms with Crippen LogP contribution in [0.4, 0.5) is 5.82 Å². The predicted octanol–water partition coefficient (Wildman–Crippen LogP) is -0.315. The molecule has 2 aromatic heterocycles. The molecule has 156 valence electrons. The molecule has 4 N–H and O–H groups in total. The monoisotopic (exact) mass is 418 g/mol. The summed E-state index contributed by atoms with van der Waals surface area (Å²) >= 11 is 0. The molecule has 0 bridgehead atoms. The molecule has 10 heteroatoms. The number of primary amides is 1. The van der Waals surface area contributed by atoms with E-state index in [1.807, 2.05) is 0 Å². The van der Waals surface area contributed by atoms with Crippen molar-refractivity contribution in [3.63, 3.8) is 0 Å². The second kappa shape index (κ2) is 7.23. The van der Waals surface area contributed by atoms with Crippen molar-refractivity contribution >= 4 is 34.3 Å². The number of hydrogen-bond acceptors (Lipinski definition) is 7. The van der Waals surface area contributed by atoms with Gasteiger partial charge >= 0.3 is 0 Å². The number of nitrogens with two attached hydrogens (primary N) is 1. The van der Waals surface area contributed by atoms with Gasteiger partial charge in [0.15, 0.2) is 5.69 Å². The number of likely N-dealkylation sites (tertiary alicyclic amines) is 1. The molecule has 1 aliphatic rings. The molecule has 1 saturated heterocycles. The third kappa shape index (κ3) is 3.17. The Balaban J connectivity index is 1.81. The van der Waals surface area contributed by atoms with Crippen LogP contribution < -0.4 is 11.1 Å². The summed E-state index contributed by atoms with van der Waals surface area (Å²) < 4.78 is 1.53. The number of Topliss-reactive ketones (excluding diaryl/α,β-unsaturated/α-hetero) is 1. The van der Waals surface area contributed by atoms with Crippen molar-refractivity contribution in [2.24, 2.45) is 5.73 Å². The van der Waals surface area contributed by atoms with Crippen LogP contribution in [0.1, 0.15) is 16.1 Å². The highest BCUT2D eigenvalue weighted by molar-refractivity contribution is 6.18. The number of nitrogens with zero attached hydrogens (tertiary/aromatic N) is 4. The standard InChI is InChI=1S/C21H18N6O4/c1-23-19-16-14(7-9-24-19)27(25-17(16)18(22)29)13-5-3-4-12(10-13)6-8-21(31)15(28)11-26(2)20(21)30/h3-5,7,9-10,31H,11H2,1-2H3,(H2,22,29)(H,23,24)/t21-/m0/s1. The van der Waals surface area contributed by atoms with Gasteiger partial charge in [-0.3, -0.25) is 14.4 Å². The normalized spacial score (nSPS) is 18.2. The Kier molecular flexibility index (Phi) is 4.68. The maximum absolute atomic E-state index is 12.1. The highest BCUT2D eigenvalue weighted by Crippen LogP contribution is 2.27. The molecule has 1 aliphatic heterocycles. The van der Waals surface area contributed by atoms with E-state index in [1.54, 1.807) is 43.6 Å². The smallest absolute Gasteiger partial charge is 0.275 e. The molecule has 4 rings (SSSR count). The Bertz CT molecular complexity index is 1320. The summed E-state index contributed by atoms with van der Waals surface area (Å²) in [5.41, 5.74) is 4.81. The van der Waals surface area contributed by atoms with E-state index in [1.165, 1.54) is 11.7 Å². The zero-order valence-corrected chi connectivity index (χ0v) is 16.7.